The van der Waals surface area contributed by atoms with E-state index in [2.05, 4.69) is 16.6 Å². The SMILES string of the molecule is COc1ccc(C(=O)NN=Cc2ccc3ccccc3c2)cc1OC. The number of methoxy groups -OCH3 is 2. The number of carbonyl (C=O) groups excluding carboxylic acids is 1. The monoisotopic (exact) mass is 334 g/mol. The summed E-state index contributed by atoms with van der Waals surface area (Å²) in [5, 5.41) is 6.31. The molecular weight excluding hydrogens is 316 g/mol. The summed E-state index contributed by atoms with van der Waals surface area (Å²) >= 11 is 0. The minimum Gasteiger partial charge on any atom is -0.493 e. The second-order valence-electron chi connectivity index (χ2n) is 5.38. The van der Waals surface area contributed by atoms with E-state index in [1.165, 1.54) is 7.11 Å². The molecule has 0 aliphatic heterocycles. The maximum Gasteiger partial charge on any atom is 0.271 e. The Morgan fingerprint density at radius 1 is 0.920 bits per heavy atom. The third-order valence-electron chi connectivity index (χ3n) is 3.80. The molecule has 0 aromatic heterocycles. The minimum atomic E-state index is -0.321. The summed E-state index contributed by atoms with van der Waals surface area (Å²) in [6, 6.07) is 19.0. The van der Waals surface area contributed by atoms with Gasteiger partial charge in [-0.15, -0.1) is 0 Å². The van der Waals surface area contributed by atoms with Crippen molar-refractivity contribution >= 4 is 22.9 Å². The maximum atomic E-state index is 12.2. The number of ether oxygens (including phenoxy) is 2. The first-order chi connectivity index (χ1) is 12.2. The Kier molecular flexibility index (Phi) is 4.95. The first-order valence-corrected chi connectivity index (χ1v) is 7.75. The zero-order valence-electron chi connectivity index (χ0n) is 14.0. The molecule has 3 aromatic carbocycles. The van der Waals surface area contributed by atoms with Crippen LogP contribution < -0.4 is 14.9 Å². The summed E-state index contributed by atoms with van der Waals surface area (Å²) < 4.78 is 10.4. The van der Waals surface area contributed by atoms with E-state index in [-0.39, 0.29) is 5.91 Å². The maximum absolute atomic E-state index is 12.2. The van der Waals surface area contributed by atoms with Crippen LogP contribution in [0.15, 0.2) is 65.8 Å². The van der Waals surface area contributed by atoms with Crippen LogP contribution in [-0.2, 0) is 0 Å². The van der Waals surface area contributed by atoms with Crippen molar-refractivity contribution in [2.24, 2.45) is 5.10 Å². The van der Waals surface area contributed by atoms with Crippen molar-refractivity contribution in [3.8, 4) is 11.5 Å². The summed E-state index contributed by atoms with van der Waals surface area (Å²) in [5.74, 6) is 0.741. The molecule has 0 spiro atoms. The van der Waals surface area contributed by atoms with Gasteiger partial charge in [-0.2, -0.15) is 5.10 Å². The van der Waals surface area contributed by atoms with Gasteiger partial charge in [-0.1, -0.05) is 36.4 Å². The number of amides is 1. The predicted octanol–water partition coefficient (Wildman–Crippen LogP) is 3.62. The van der Waals surface area contributed by atoms with Gasteiger partial charge in [0, 0.05) is 5.56 Å². The summed E-state index contributed by atoms with van der Waals surface area (Å²) in [4.78, 5) is 12.2. The molecule has 0 bridgehead atoms. The van der Waals surface area contributed by atoms with E-state index < -0.39 is 0 Å². The van der Waals surface area contributed by atoms with E-state index >= 15 is 0 Å². The highest BCUT2D eigenvalue weighted by Crippen LogP contribution is 2.27. The van der Waals surface area contributed by atoms with Gasteiger partial charge in [0.25, 0.3) is 5.91 Å². The summed E-state index contributed by atoms with van der Waals surface area (Å²) in [6.07, 6.45) is 1.62. The number of hydrogen-bond donors (Lipinski definition) is 1. The average molecular weight is 334 g/mol. The molecular formula is C20H18N2O3. The molecule has 0 saturated carbocycles. The standard InChI is InChI=1S/C20H18N2O3/c1-24-18-10-9-17(12-19(18)25-2)20(23)22-21-13-14-7-8-15-5-3-4-6-16(15)11-14/h3-13H,1-2H3,(H,22,23). The average Bonchev–Trinajstić information content (AvgIpc) is 2.67. The predicted molar refractivity (Wildman–Crippen MR) is 98.6 cm³/mol. The van der Waals surface area contributed by atoms with E-state index in [4.69, 9.17) is 9.47 Å². The highest BCUT2D eigenvalue weighted by atomic mass is 16.5. The molecule has 0 aliphatic rings. The van der Waals surface area contributed by atoms with Crippen molar-refractivity contribution in [1.29, 1.82) is 0 Å². The number of hydrogen-bond acceptors (Lipinski definition) is 4. The highest BCUT2D eigenvalue weighted by Gasteiger charge is 2.09. The van der Waals surface area contributed by atoms with Gasteiger partial charge in [0.05, 0.1) is 20.4 Å². The minimum absolute atomic E-state index is 0.321. The van der Waals surface area contributed by atoms with E-state index in [0.717, 1.165) is 16.3 Å². The Balaban J connectivity index is 1.71. The Bertz CT molecular complexity index is 935. The number of hydrazone groups is 1. The normalized spacial score (nSPS) is 10.8. The smallest absolute Gasteiger partial charge is 0.271 e. The topological polar surface area (TPSA) is 59.9 Å². The Labute approximate surface area is 145 Å². The third-order valence-corrected chi connectivity index (χ3v) is 3.80. The first kappa shape index (κ1) is 16.5. The fourth-order valence-corrected chi connectivity index (χ4v) is 2.50. The molecule has 0 atom stereocenters. The van der Waals surface area contributed by atoms with Crippen molar-refractivity contribution in [2.75, 3.05) is 14.2 Å². The van der Waals surface area contributed by atoms with Crippen molar-refractivity contribution < 1.29 is 14.3 Å². The molecule has 0 fully saturated rings. The lowest BCUT2D eigenvalue weighted by molar-refractivity contribution is 0.0954. The van der Waals surface area contributed by atoms with Crippen LogP contribution in [0.5, 0.6) is 11.5 Å². The van der Waals surface area contributed by atoms with Crippen LogP contribution in [0.4, 0.5) is 0 Å². The molecule has 5 heteroatoms. The zero-order chi connectivity index (χ0) is 17.6. The number of nitrogens with zero attached hydrogens (tertiary/aromatic N) is 1. The summed E-state index contributed by atoms with van der Waals surface area (Å²) in [7, 11) is 3.07. The highest BCUT2D eigenvalue weighted by molar-refractivity contribution is 5.96. The van der Waals surface area contributed by atoms with E-state index in [0.29, 0.717) is 17.1 Å². The number of carbonyl (C=O) groups is 1. The number of nitrogens with one attached hydrogen (secondary N) is 1. The fourth-order valence-electron chi connectivity index (χ4n) is 2.50. The lowest BCUT2D eigenvalue weighted by Crippen LogP contribution is -2.17. The Hall–Kier alpha value is -3.34. The number of rotatable bonds is 5. The van der Waals surface area contributed by atoms with Gasteiger partial charge >= 0.3 is 0 Å². The quantitative estimate of drug-likeness (QED) is 0.573. The van der Waals surface area contributed by atoms with E-state index in [9.17, 15) is 4.79 Å². The molecule has 0 radical (unpaired) electrons. The van der Waals surface area contributed by atoms with Gasteiger partial charge < -0.3 is 9.47 Å². The molecule has 0 saturated heterocycles. The van der Waals surface area contributed by atoms with Gasteiger partial charge in [0.1, 0.15) is 0 Å². The summed E-state index contributed by atoms with van der Waals surface area (Å²) in [5.41, 5.74) is 3.87. The van der Waals surface area contributed by atoms with Gasteiger partial charge in [-0.25, -0.2) is 5.43 Å². The second-order valence-corrected chi connectivity index (χ2v) is 5.38. The van der Waals surface area contributed by atoms with Crippen LogP contribution in [0, 0.1) is 0 Å². The first-order valence-electron chi connectivity index (χ1n) is 7.75. The van der Waals surface area contributed by atoms with Crippen molar-refractivity contribution in [3.05, 3.63) is 71.8 Å². The third kappa shape index (κ3) is 3.77. The van der Waals surface area contributed by atoms with Crippen LogP contribution in [0.3, 0.4) is 0 Å². The van der Waals surface area contributed by atoms with E-state index in [1.54, 1.807) is 31.5 Å². The lowest BCUT2D eigenvalue weighted by Gasteiger charge is -2.08. The van der Waals surface area contributed by atoms with Crippen LogP contribution in [0.1, 0.15) is 15.9 Å². The van der Waals surface area contributed by atoms with Crippen LogP contribution in [0.25, 0.3) is 10.8 Å². The molecule has 3 rings (SSSR count). The molecule has 126 valence electrons. The van der Waals surface area contributed by atoms with Crippen LogP contribution in [-0.4, -0.2) is 26.3 Å². The molecule has 0 aliphatic carbocycles. The largest absolute Gasteiger partial charge is 0.493 e. The van der Waals surface area contributed by atoms with Gasteiger partial charge in [0.15, 0.2) is 11.5 Å². The lowest BCUT2D eigenvalue weighted by atomic mass is 10.1. The second kappa shape index (κ2) is 7.49. The molecule has 3 aromatic rings. The molecule has 1 N–H and O–H groups in total. The van der Waals surface area contributed by atoms with Crippen molar-refractivity contribution in [3.63, 3.8) is 0 Å². The van der Waals surface area contributed by atoms with Crippen LogP contribution in [0.2, 0.25) is 0 Å². The number of benzene rings is 3. The van der Waals surface area contributed by atoms with Crippen molar-refractivity contribution in [2.45, 2.75) is 0 Å². The van der Waals surface area contributed by atoms with Crippen molar-refractivity contribution in [1.82, 2.24) is 5.43 Å². The molecule has 0 unspecified atom stereocenters. The molecule has 0 heterocycles. The van der Waals surface area contributed by atoms with Gasteiger partial charge in [-0.05, 0) is 40.6 Å². The van der Waals surface area contributed by atoms with E-state index in [1.807, 2.05) is 36.4 Å². The fraction of sp³-hybridized carbons (Fsp3) is 0.100. The summed E-state index contributed by atoms with van der Waals surface area (Å²) in [6.45, 7) is 0. The molecule has 25 heavy (non-hydrogen) atoms. The Morgan fingerprint density at radius 3 is 2.44 bits per heavy atom. The Morgan fingerprint density at radius 2 is 1.68 bits per heavy atom. The number of fused-ring (bicyclic) bond motifs is 1. The van der Waals surface area contributed by atoms with Gasteiger partial charge in [0.2, 0.25) is 0 Å². The molecule has 5 nitrogen and oxygen atoms in total. The zero-order valence-corrected chi connectivity index (χ0v) is 14.0. The van der Waals surface area contributed by atoms with Crippen LogP contribution >= 0.6 is 0 Å². The van der Waals surface area contributed by atoms with Gasteiger partial charge in [-0.3, -0.25) is 4.79 Å². The molecule has 1 amide bonds.